The van der Waals surface area contributed by atoms with E-state index in [0.29, 0.717) is 33.5 Å². The standard InChI is InChI=1S/C23H19F2N7S/c1-13(19-11-32(30-29-19)20-6-4-3-5-17(20)24)31-10-16(21-22(26)27-12-28-23(21)31)15-8-7-14(33-2)9-18(15)25/h3-13H,1-2H3,(H2,26,27,28). The lowest BCUT2D eigenvalue weighted by atomic mass is 10.1. The number of para-hydroxylation sites is 1. The topological polar surface area (TPSA) is 87.4 Å². The minimum atomic E-state index is -0.403. The van der Waals surface area contributed by atoms with Gasteiger partial charge in [-0.2, -0.15) is 0 Å². The number of nitrogens with zero attached hydrogens (tertiary/aromatic N) is 6. The van der Waals surface area contributed by atoms with Crippen LogP contribution in [0, 0.1) is 11.6 Å². The molecule has 3 heterocycles. The number of nitrogen functional groups attached to an aromatic ring is 1. The molecule has 33 heavy (non-hydrogen) atoms. The van der Waals surface area contributed by atoms with Gasteiger partial charge < -0.3 is 10.3 Å². The Bertz CT molecular complexity index is 1480. The summed E-state index contributed by atoms with van der Waals surface area (Å²) in [5.74, 6) is -0.508. The van der Waals surface area contributed by atoms with Crippen LogP contribution >= 0.6 is 11.8 Å². The molecule has 0 amide bonds. The summed E-state index contributed by atoms with van der Waals surface area (Å²) in [5.41, 5.74) is 8.59. The molecule has 2 N–H and O–H groups in total. The van der Waals surface area contributed by atoms with Crippen LogP contribution in [0.1, 0.15) is 18.7 Å². The van der Waals surface area contributed by atoms with Crippen molar-refractivity contribution in [1.82, 2.24) is 29.5 Å². The lowest BCUT2D eigenvalue weighted by Crippen LogP contribution is -2.07. The molecule has 0 fully saturated rings. The summed E-state index contributed by atoms with van der Waals surface area (Å²) < 4.78 is 32.4. The fraction of sp³-hybridized carbons (Fsp3) is 0.130. The van der Waals surface area contributed by atoms with Gasteiger partial charge in [-0.15, -0.1) is 16.9 Å². The Labute approximate surface area is 192 Å². The van der Waals surface area contributed by atoms with E-state index in [1.807, 2.05) is 23.8 Å². The Morgan fingerprint density at radius 1 is 1.00 bits per heavy atom. The molecule has 10 heteroatoms. The second kappa shape index (κ2) is 8.28. The van der Waals surface area contributed by atoms with E-state index in [1.165, 1.54) is 34.9 Å². The van der Waals surface area contributed by atoms with E-state index < -0.39 is 5.82 Å². The van der Waals surface area contributed by atoms with Gasteiger partial charge in [0.05, 0.1) is 17.6 Å². The number of benzene rings is 2. The highest BCUT2D eigenvalue weighted by molar-refractivity contribution is 7.98. The first-order valence-electron chi connectivity index (χ1n) is 10.1. The SMILES string of the molecule is CSc1ccc(-c2cn(C(C)c3cn(-c4ccccc4F)nn3)c3ncnc(N)c23)c(F)c1. The minimum absolute atomic E-state index is 0.254. The smallest absolute Gasteiger partial charge is 0.148 e. The van der Waals surface area contributed by atoms with Crippen molar-refractivity contribution in [2.45, 2.75) is 17.9 Å². The number of fused-ring (bicyclic) bond motifs is 1. The van der Waals surface area contributed by atoms with E-state index in [1.54, 1.807) is 36.7 Å². The maximum Gasteiger partial charge on any atom is 0.148 e. The number of hydrogen-bond donors (Lipinski definition) is 1. The molecule has 5 aromatic rings. The third-order valence-corrected chi connectivity index (χ3v) is 6.29. The highest BCUT2D eigenvalue weighted by Gasteiger charge is 2.22. The predicted molar refractivity (Wildman–Crippen MR) is 124 cm³/mol. The number of halogens is 2. The molecule has 0 aliphatic rings. The summed E-state index contributed by atoms with van der Waals surface area (Å²) in [5, 5.41) is 8.88. The van der Waals surface area contributed by atoms with Crippen molar-refractivity contribution in [3.63, 3.8) is 0 Å². The Morgan fingerprint density at radius 2 is 1.82 bits per heavy atom. The summed E-state index contributed by atoms with van der Waals surface area (Å²) in [7, 11) is 0. The van der Waals surface area contributed by atoms with Gasteiger partial charge >= 0.3 is 0 Å². The van der Waals surface area contributed by atoms with Crippen molar-refractivity contribution >= 4 is 28.6 Å². The van der Waals surface area contributed by atoms with Gasteiger partial charge in [-0.3, -0.25) is 0 Å². The quantitative estimate of drug-likeness (QED) is 0.374. The first-order valence-corrected chi connectivity index (χ1v) is 11.3. The van der Waals surface area contributed by atoms with Gasteiger partial charge in [-0.1, -0.05) is 23.4 Å². The summed E-state index contributed by atoms with van der Waals surface area (Å²) in [6.07, 6.45) is 6.71. The average molecular weight is 464 g/mol. The van der Waals surface area contributed by atoms with Crippen molar-refractivity contribution < 1.29 is 8.78 Å². The van der Waals surface area contributed by atoms with Crippen LogP contribution < -0.4 is 5.73 Å². The maximum atomic E-state index is 15.0. The molecule has 0 radical (unpaired) electrons. The van der Waals surface area contributed by atoms with Crippen LogP contribution in [0.3, 0.4) is 0 Å². The van der Waals surface area contributed by atoms with E-state index in [9.17, 15) is 8.78 Å². The highest BCUT2D eigenvalue weighted by Crippen LogP contribution is 2.37. The summed E-state index contributed by atoms with van der Waals surface area (Å²) in [6.45, 7) is 1.91. The lowest BCUT2D eigenvalue weighted by Gasteiger charge is -2.11. The molecule has 5 rings (SSSR count). The molecule has 0 saturated heterocycles. The van der Waals surface area contributed by atoms with Crippen LogP contribution in [0.15, 0.2) is 66.1 Å². The number of aromatic nitrogens is 6. The zero-order valence-corrected chi connectivity index (χ0v) is 18.6. The Hall–Kier alpha value is -3.79. The zero-order chi connectivity index (χ0) is 23.1. The van der Waals surface area contributed by atoms with Gasteiger partial charge in [0.2, 0.25) is 0 Å². The second-order valence-electron chi connectivity index (χ2n) is 7.47. The largest absolute Gasteiger partial charge is 0.383 e. The van der Waals surface area contributed by atoms with Crippen LogP contribution in [0.4, 0.5) is 14.6 Å². The first-order chi connectivity index (χ1) is 16.0. The fourth-order valence-electron chi connectivity index (χ4n) is 3.81. The lowest BCUT2D eigenvalue weighted by molar-refractivity contribution is 0.606. The molecule has 0 bridgehead atoms. The van der Waals surface area contributed by atoms with E-state index >= 15 is 0 Å². The number of hydrogen-bond acceptors (Lipinski definition) is 6. The van der Waals surface area contributed by atoms with Crippen LogP contribution in [-0.2, 0) is 0 Å². The van der Waals surface area contributed by atoms with E-state index in [2.05, 4.69) is 20.3 Å². The first kappa shape index (κ1) is 21.1. The van der Waals surface area contributed by atoms with Gasteiger partial charge in [-0.25, -0.2) is 23.4 Å². The van der Waals surface area contributed by atoms with Gasteiger partial charge in [0, 0.05) is 22.2 Å². The third kappa shape index (κ3) is 3.62. The predicted octanol–water partition coefficient (Wildman–Crippen LogP) is 4.87. The van der Waals surface area contributed by atoms with Crippen molar-refractivity contribution in [1.29, 1.82) is 0 Å². The molecule has 3 aromatic heterocycles. The average Bonchev–Trinajstić information content (AvgIpc) is 3.45. The second-order valence-corrected chi connectivity index (χ2v) is 8.35. The fourth-order valence-corrected chi connectivity index (χ4v) is 4.24. The van der Waals surface area contributed by atoms with Crippen LogP contribution in [0.5, 0.6) is 0 Å². The third-order valence-electron chi connectivity index (χ3n) is 5.56. The Balaban J connectivity index is 1.63. The molecular formula is C23H19F2N7S. The van der Waals surface area contributed by atoms with Crippen molar-refractivity contribution in [3.05, 3.63) is 78.5 Å². The van der Waals surface area contributed by atoms with Crippen LogP contribution in [0.25, 0.3) is 27.8 Å². The number of rotatable bonds is 5. The van der Waals surface area contributed by atoms with Crippen LogP contribution in [-0.4, -0.2) is 35.8 Å². The molecule has 2 aromatic carbocycles. The van der Waals surface area contributed by atoms with Gasteiger partial charge in [0.1, 0.15) is 40.8 Å². The molecule has 7 nitrogen and oxygen atoms in total. The summed E-state index contributed by atoms with van der Waals surface area (Å²) in [4.78, 5) is 9.34. The van der Waals surface area contributed by atoms with Crippen molar-refractivity contribution in [2.24, 2.45) is 0 Å². The van der Waals surface area contributed by atoms with Gasteiger partial charge in [0.25, 0.3) is 0 Å². The molecule has 0 spiro atoms. The van der Waals surface area contributed by atoms with E-state index in [4.69, 9.17) is 5.73 Å². The number of thioether (sulfide) groups is 1. The molecule has 1 unspecified atom stereocenters. The zero-order valence-electron chi connectivity index (χ0n) is 17.8. The summed E-state index contributed by atoms with van der Waals surface area (Å²) >= 11 is 1.46. The normalized spacial score (nSPS) is 12.4. The van der Waals surface area contributed by atoms with E-state index in [0.717, 1.165) is 4.90 Å². The van der Waals surface area contributed by atoms with Gasteiger partial charge in [-0.05, 0) is 37.4 Å². The minimum Gasteiger partial charge on any atom is -0.383 e. The summed E-state index contributed by atoms with van der Waals surface area (Å²) in [6, 6.07) is 11.1. The molecule has 0 aliphatic heterocycles. The monoisotopic (exact) mass is 463 g/mol. The Morgan fingerprint density at radius 3 is 2.58 bits per heavy atom. The van der Waals surface area contributed by atoms with Gasteiger partial charge in [0.15, 0.2) is 0 Å². The van der Waals surface area contributed by atoms with Crippen LogP contribution in [0.2, 0.25) is 0 Å². The van der Waals surface area contributed by atoms with Crippen molar-refractivity contribution in [2.75, 3.05) is 12.0 Å². The molecule has 1 atom stereocenters. The Kier molecular flexibility index (Phi) is 5.29. The number of nitrogens with two attached hydrogens (primary N) is 1. The molecule has 166 valence electrons. The molecular weight excluding hydrogens is 444 g/mol. The highest BCUT2D eigenvalue weighted by atomic mass is 32.2. The van der Waals surface area contributed by atoms with E-state index in [-0.39, 0.29) is 17.7 Å². The van der Waals surface area contributed by atoms with Crippen molar-refractivity contribution in [3.8, 4) is 16.8 Å². The molecule has 0 aliphatic carbocycles. The number of anilines is 1. The molecule has 0 saturated carbocycles. The maximum absolute atomic E-state index is 15.0.